The van der Waals surface area contributed by atoms with E-state index in [0.29, 0.717) is 22.6 Å². The van der Waals surface area contributed by atoms with E-state index >= 15 is 0 Å². The van der Waals surface area contributed by atoms with Gasteiger partial charge in [-0.15, -0.1) is 0 Å². The Hall–Kier alpha value is -3.02. The molecular formula is C23H27N3O6S2. The number of aromatic nitrogens is 1. The summed E-state index contributed by atoms with van der Waals surface area (Å²) in [5, 5.41) is 0. The summed E-state index contributed by atoms with van der Waals surface area (Å²) >= 11 is 1.23. The maximum absolute atomic E-state index is 12.9. The van der Waals surface area contributed by atoms with Gasteiger partial charge in [0.1, 0.15) is 17.8 Å². The molecular weight excluding hydrogens is 478 g/mol. The number of amides is 1. The van der Waals surface area contributed by atoms with Gasteiger partial charge in [-0.1, -0.05) is 30.7 Å². The molecule has 0 aliphatic rings. The van der Waals surface area contributed by atoms with E-state index in [4.69, 9.17) is 9.47 Å². The molecule has 3 aromatic rings. The molecule has 0 aliphatic carbocycles. The second-order valence-corrected chi connectivity index (χ2v) is 10.5. The molecule has 0 spiro atoms. The molecule has 0 saturated heterocycles. The highest BCUT2D eigenvalue weighted by molar-refractivity contribution is 7.89. The summed E-state index contributed by atoms with van der Waals surface area (Å²) in [4.78, 5) is 29.5. The number of methoxy groups -OCH3 is 2. The highest BCUT2D eigenvalue weighted by atomic mass is 32.2. The molecule has 0 aliphatic heterocycles. The lowest BCUT2D eigenvalue weighted by Crippen LogP contribution is -2.27. The van der Waals surface area contributed by atoms with Crippen LogP contribution in [0, 0.1) is 0 Å². The predicted octanol–water partition coefficient (Wildman–Crippen LogP) is 3.05. The monoisotopic (exact) mass is 505 g/mol. The molecule has 3 rings (SSSR count). The van der Waals surface area contributed by atoms with Gasteiger partial charge in [0.25, 0.3) is 5.91 Å². The number of unbranched alkanes of at least 4 members (excludes halogenated alkanes) is 1. The Morgan fingerprint density at radius 3 is 2.44 bits per heavy atom. The van der Waals surface area contributed by atoms with Crippen molar-refractivity contribution >= 4 is 43.5 Å². The van der Waals surface area contributed by atoms with Crippen molar-refractivity contribution in [3.63, 3.8) is 0 Å². The molecule has 182 valence electrons. The van der Waals surface area contributed by atoms with Crippen molar-refractivity contribution < 1.29 is 27.5 Å². The number of rotatable bonds is 9. The van der Waals surface area contributed by atoms with E-state index in [2.05, 4.69) is 4.99 Å². The number of para-hydroxylation sites is 1. The van der Waals surface area contributed by atoms with Gasteiger partial charge in [0, 0.05) is 19.2 Å². The van der Waals surface area contributed by atoms with Gasteiger partial charge in [0.2, 0.25) is 10.0 Å². The van der Waals surface area contributed by atoms with Gasteiger partial charge in [-0.2, -0.15) is 4.99 Å². The highest BCUT2D eigenvalue weighted by Gasteiger charge is 2.21. The number of nitrogens with zero attached hydrogens (tertiary/aromatic N) is 3. The Labute approximate surface area is 202 Å². The number of carbonyl (C=O) groups is 2. The van der Waals surface area contributed by atoms with Crippen LogP contribution in [0.1, 0.15) is 30.1 Å². The number of hydrogen-bond donors (Lipinski definition) is 0. The first-order valence-electron chi connectivity index (χ1n) is 10.6. The van der Waals surface area contributed by atoms with Crippen LogP contribution in [0.4, 0.5) is 0 Å². The lowest BCUT2D eigenvalue weighted by molar-refractivity contribution is -0.141. The smallest absolute Gasteiger partial charge is 0.325 e. The van der Waals surface area contributed by atoms with Gasteiger partial charge in [-0.25, -0.2) is 12.7 Å². The molecule has 1 heterocycles. The SMILES string of the molecule is CCCCN(C)S(=O)(=O)c1ccc(C(=O)N=c2sc3cccc(OC)c3n2CC(=O)OC)cc1. The van der Waals surface area contributed by atoms with Gasteiger partial charge in [0.15, 0.2) is 4.80 Å². The number of hydrogen-bond acceptors (Lipinski definition) is 7. The molecule has 0 unspecified atom stereocenters. The Balaban J connectivity index is 1.99. The number of carbonyl (C=O) groups excluding carboxylic acids is 2. The van der Waals surface area contributed by atoms with Crippen LogP contribution in [0.15, 0.2) is 52.4 Å². The van der Waals surface area contributed by atoms with Gasteiger partial charge in [0.05, 0.1) is 23.8 Å². The molecule has 34 heavy (non-hydrogen) atoms. The van der Waals surface area contributed by atoms with E-state index in [0.717, 1.165) is 17.5 Å². The predicted molar refractivity (Wildman–Crippen MR) is 129 cm³/mol. The topological polar surface area (TPSA) is 107 Å². The second kappa shape index (κ2) is 10.9. The quantitative estimate of drug-likeness (QED) is 0.414. The van der Waals surface area contributed by atoms with E-state index in [9.17, 15) is 18.0 Å². The number of thiazole rings is 1. The lowest BCUT2D eigenvalue weighted by Gasteiger charge is -2.16. The molecule has 11 heteroatoms. The fourth-order valence-electron chi connectivity index (χ4n) is 3.29. The number of sulfonamides is 1. The molecule has 0 fully saturated rings. The van der Waals surface area contributed by atoms with Crippen molar-refractivity contribution in [2.45, 2.75) is 31.2 Å². The van der Waals surface area contributed by atoms with Crippen LogP contribution < -0.4 is 9.54 Å². The summed E-state index contributed by atoms with van der Waals surface area (Å²) in [5.41, 5.74) is 0.854. The van der Waals surface area contributed by atoms with E-state index in [1.54, 1.807) is 10.6 Å². The summed E-state index contributed by atoms with van der Waals surface area (Å²) in [6.07, 6.45) is 1.64. The van der Waals surface area contributed by atoms with Gasteiger partial charge in [-0.05, 0) is 42.8 Å². The summed E-state index contributed by atoms with van der Waals surface area (Å²) in [6.45, 7) is 2.26. The largest absolute Gasteiger partial charge is 0.495 e. The van der Waals surface area contributed by atoms with E-state index in [1.807, 2.05) is 19.1 Å². The molecule has 1 amide bonds. The molecule has 1 aromatic heterocycles. The molecule has 0 atom stereocenters. The number of ether oxygens (including phenoxy) is 2. The Bertz CT molecular complexity index is 1360. The molecule has 0 N–H and O–H groups in total. The minimum Gasteiger partial charge on any atom is -0.495 e. The normalized spacial score (nSPS) is 12.3. The fraction of sp³-hybridized carbons (Fsp3) is 0.348. The highest BCUT2D eigenvalue weighted by Crippen LogP contribution is 2.27. The van der Waals surface area contributed by atoms with Crippen LogP contribution in [-0.2, 0) is 26.1 Å². The molecule has 2 aromatic carbocycles. The fourth-order valence-corrected chi connectivity index (χ4v) is 5.54. The molecule has 0 bridgehead atoms. The van der Waals surface area contributed by atoms with Crippen LogP contribution in [0.2, 0.25) is 0 Å². The van der Waals surface area contributed by atoms with E-state index < -0.39 is 21.9 Å². The molecule has 0 saturated carbocycles. The van der Waals surface area contributed by atoms with Gasteiger partial charge in [-0.3, -0.25) is 9.59 Å². The van der Waals surface area contributed by atoms with E-state index in [1.165, 1.54) is 61.2 Å². The van der Waals surface area contributed by atoms with Gasteiger partial charge < -0.3 is 14.0 Å². The van der Waals surface area contributed by atoms with Crippen LogP contribution in [-0.4, -0.2) is 57.0 Å². The Morgan fingerprint density at radius 1 is 1.12 bits per heavy atom. The van der Waals surface area contributed by atoms with Crippen molar-refractivity contribution in [2.24, 2.45) is 4.99 Å². The first-order chi connectivity index (χ1) is 16.2. The zero-order valence-electron chi connectivity index (χ0n) is 19.5. The first-order valence-corrected chi connectivity index (χ1v) is 12.9. The van der Waals surface area contributed by atoms with Crippen molar-refractivity contribution in [1.29, 1.82) is 0 Å². The number of esters is 1. The van der Waals surface area contributed by atoms with Crippen LogP contribution in [0.25, 0.3) is 10.2 Å². The van der Waals surface area contributed by atoms with Crippen molar-refractivity contribution in [2.75, 3.05) is 27.8 Å². The third-order valence-electron chi connectivity index (χ3n) is 5.23. The second-order valence-electron chi connectivity index (χ2n) is 7.48. The van der Waals surface area contributed by atoms with Crippen molar-refractivity contribution in [1.82, 2.24) is 8.87 Å². The summed E-state index contributed by atoms with van der Waals surface area (Å²) < 4.78 is 39.3. The minimum atomic E-state index is -3.64. The van der Waals surface area contributed by atoms with Crippen molar-refractivity contribution in [3.05, 3.63) is 52.8 Å². The zero-order chi connectivity index (χ0) is 24.9. The third-order valence-corrected chi connectivity index (χ3v) is 8.15. The molecule has 0 radical (unpaired) electrons. The van der Waals surface area contributed by atoms with Crippen LogP contribution in [0.3, 0.4) is 0 Å². The van der Waals surface area contributed by atoms with Crippen LogP contribution >= 0.6 is 11.3 Å². The Morgan fingerprint density at radius 2 is 1.82 bits per heavy atom. The average molecular weight is 506 g/mol. The van der Waals surface area contributed by atoms with Gasteiger partial charge >= 0.3 is 5.97 Å². The Kier molecular flexibility index (Phi) is 8.24. The van der Waals surface area contributed by atoms with E-state index in [-0.39, 0.29) is 17.0 Å². The van der Waals surface area contributed by atoms with Crippen molar-refractivity contribution in [3.8, 4) is 5.75 Å². The molecule has 9 nitrogen and oxygen atoms in total. The standard InChI is InChI=1S/C23H27N3O6S2/c1-5-6-14-25(2)34(29,30)17-12-10-16(11-13-17)22(28)24-23-26(15-20(27)32-4)21-18(31-3)8-7-9-19(21)33-23/h7-13H,5-6,14-15H2,1-4H3. The lowest BCUT2D eigenvalue weighted by atomic mass is 10.2. The van der Waals surface area contributed by atoms with Crippen LogP contribution in [0.5, 0.6) is 5.75 Å². The third kappa shape index (κ3) is 5.37. The zero-order valence-corrected chi connectivity index (χ0v) is 21.1. The minimum absolute atomic E-state index is 0.106. The summed E-state index contributed by atoms with van der Waals surface area (Å²) in [5.74, 6) is -0.526. The maximum atomic E-state index is 12.9. The number of fused-ring (bicyclic) bond motifs is 1. The first kappa shape index (κ1) is 25.6. The summed E-state index contributed by atoms with van der Waals surface area (Å²) in [7, 11) is 0.704. The average Bonchev–Trinajstić information content (AvgIpc) is 3.18. The summed E-state index contributed by atoms with van der Waals surface area (Å²) in [6, 6.07) is 11.1. The maximum Gasteiger partial charge on any atom is 0.325 e. The number of benzene rings is 2.